The number of rotatable bonds is 6. The monoisotopic (exact) mass is 388 g/mol. The Morgan fingerprint density at radius 1 is 1.33 bits per heavy atom. The minimum Gasteiger partial charge on any atom is -0.464 e. The fraction of sp³-hybridized carbons (Fsp3) is 0.222. The molecule has 0 spiro atoms. The number of aliphatic hydroxyl groups is 1. The van der Waals surface area contributed by atoms with Gasteiger partial charge in [0.25, 0.3) is 0 Å². The highest BCUT2D eigenvalue weighted by Crippen LogP contribution is 2.26. The first-order valence-corrected chi connectivity index (χ1v) is 8.20. The Bertz CT molecular complexity index is 754. The topological polar surface area (TPSA) is 82.3 Å². The summed E-state index contributed by atoms with van der Waals surface area (Å²) in [4.78, 5) is 12.4. The van der Waals surface area contributed by atoms with Gasteiger partial charge in [0.1, 0.15) is 0 Å². The lowest BCUT2D eigenvalue weighted by Gasteiger charge is -2.20. The minimum absolute atomic E-state index is 0.126. The third-order valence-corrected chi connectivity index (χ3v) is 3.80. The third kappa shape index (κ3) is 4.57. The molecule has 2 aromatic rings. The summed E-state index contributed by atoms with van der Waals surface area (Å²) in [6.07, 6.45) is 0. The number of anilines is 1. The highest BCUT2D eigenvalue weighted by atomic mass is 79.9. The molecule has 0 aliphatic heterocycles. The van der Waals surface area contributed by atoms with Crippen molar-refractivity contribution in [3.8, 4) is 6.07 Å². The van der Waals surface area contributed by atoms with Crippen LogP contribution in [-0.4, -0.2) is 17.7 Å². The first-order chi connectivity index (χ1) is 11.6. The van der Waals surface area contributed by atoms with E-state index in [1.165, 1.54) is 0 Å². The van der Waals surface area contributed by atoms with Gasteiger partial charge in [0.15, 0.2) is 6.04 Å². The predicted molar refractivity (Wildman–Crippen MR) is 94.2 cm³/mol. The summed E-state index contributed by atoms with van der Waals surface area (Å²) in [5.74, 6) is -0.413. The Hall–Kier alpha value is -2.36. The number of aliphatic hydroxyl groups excluding tert-OH is 1. The molecule has 1 atom stereocenters. The molecule has 0 aliphatic rings. The lowest BCUT2D eigenvalue weighted by atomic mass is 10.0. The van der Waals surface area contributed by atoms with Crippen molar-refractivity contribution in [2.75, 3.05) is 11.9 Å². The molecule has 0 fully saturated rings. The van der Waals surface area contributed by atoms with Gasteiger partial charge >= 0.3 is 5.97 Å². The van der Waals surface area contributed by atoms with Gasteiger partial charge in [-0.25, -0.2) is 4.79 Å². The summed E-state index contributed by atoms with van der Waals surface area (Å²) in [6.45, 7) is 1.89. The van der Waals surface area contributed by atoms with Gasteiger partial charge in [-0.3, -0.25) is 0 Å². The van der Waals surface area contributed by atoms with Gasteiger partial charge in [0, 0.05) is 10.2 Å². The molecule has 0 radical (unpaired) electrons. The van der Waals surface area contributed by atoms with Gasteiger partial charge < -0.3 is 15.2 Å². The van der Waals surface area contributed by atoms with Gasteiger partial charge in [-0.1, -0.05) is 22.0 Å². The summed E-state index contributed by atoms with van der Waals surface area (Å²) in [5.41, 5.74) is 2.60. The molecular weight excluding hydrogens is 372 g/mol. The van der Waals surface area contributed by atoms with E-state index in [0.717, 1.165) is 4.47 Å². The van der Waals surface area contributed by atoms with E-state index >= 15 is 0 Å². The van der Waals surface area contributed by atoms with Crippen molar-refractivity contribution in [2.24, 2.45) is 0 Å². The fourth-order valence-electron chi connectivity index (χ4n) is 2.24. The van der Waals surface area contributed by atoms with Crippen molar-refractivity contribution in [2.45, 2.75) is 19.6 Å². The molecule has 2 N–H and O–H groups in total. The number of nitrogens with zero attached hydrogens (tertiary/aromatic N) is 1. The fourth-order valence-corrected chi connectivity index (χ4v) is 2.80. The van der Waals surface area contributed by atoms with E-state index in [1.54, 1.807) is 49.4 Å². The molecule has 2 rings (SSSR count). The zero-order chi connectivity index (χ0) is 17.5. The molecule has 0 aromatic heterocycles. The van der Waals surface area contributed by atoms with Crippen molar-refractivity contribution in [3.63, 3.8) is 0 Å². The van der Waals surface area contributed by atoms with E-state index in [4.69, 9.17) is 10.00 Å². The first kappa shape index (κ1) is 18.0. The normalized spacial score (nSPS) is 11.4. The summed E-state index contributed by atoms with van der Waals surface area (Å²) in [5, 5.41) is 21.4. The standard InChI is InChI=1S/C18H17BrN2O3/c1-2-24-18(23)17(14-7-13(11-22)8-15(19)9-14)21-16-5-3-12(10-20)4-6-16/h3-9,17,21-22H,2,11H2,1H3. The van der Waals surface area contributed by atoms with Crippen LogP contribution in [0.1, 0.15) is 29.7 Å². The maximum Gasteiger partial charge on any atom is 0.333 e. The van der Waals surface area contributed by atoms with Crippen LogP contribution < -0.4 is 5.32 Å². The van der Waals surface area contributed by atoms with E-state index in [0.29, 0.717) is 22.4 Å². The second kappa shape index (κ2) is 8.48. The van der Waals surface area contributed by atoms with E-state index < -0.39 is 12.0 Å². The van der Waals surface area contributed by atoms with Crippen LogP contribution in [0.25, 0.3) is 0 Å². The maximum atomic E-state index is 12.4. The number of hydrogen-bond donors (Lipinski definition) is 2. The van der Waals surface area contributed by atoms with Crippen LogP contribution in [0.4, 0.5) is 5.69 Å². The van der Waals surface area contributed by atoms with Crippen LogP contribution in [0.3, 0.4) is 0 Å². The van der Waals surface area contributed by atoms with Crippen LogP contribution in [0.2, 0.25) is 0 Å². The second-order valence-corrected chi connectivity index (χ2v) is 5.99. The molecule has 124 valence electrons. The number of carbonyl (C=O) groups excluding carboxylic acids is 1. The number of benzene rings is 2. The average molecular weight is 389 g/mol. The lowest BCUT2D eigenvalue weighted by Crippen LogP contribution is -2.23. The Morgan fingerprint density at radius 2 is 2.04 bits per heavy atom. The lowest BCUT2D eigenvalue weighted by molar-refractivity contribution is -0.144. The second-order valence-electron chi connectivity index (χ2n) is 5.07. The number of halogens is 1. The highest BCUT2D eigenvalue weighted by Gasteiger charge is 2.23. The Morgan fingerprint density at radius 3 is 2.62 bits per heavy atom. The largest absolute Gasteiger partial charge is 0.464 e. The third-order valence-electron chi connectivity index (χ3n) is 3.34. The number of ether oxygens (including phenoxy) is 1. The number of esters is 1. The van der Waals surface area contributed by atoms with E-state index in [9.17, 15) is 9.90 Å². The number of nitrogens with one attached hydrogen (secondary N) is 1. The number of hydrogen-bond acceptors (Lipinski definition) is 5. The van der Waals surface area contributed by atoms with Gasteiger partial charge in [-0.15, -0.1) is 0 Å². The highest BCUT2D eigenvalue weighted by molar-refractivity contribution is 9.10. The van der Waals surface area contributed by atoms with Gasteiger partial charge in [-0.2, -0.15) is 5.26 Å². The molecule has 1 unspecified atom stereocenters. The molecule has 0 bridgehead atoms. The van der Waals surface area contributed by atoms with Gasteiger partial charge in [0.2, 0.25) is 0 Å². The molecule has 24 heavy (non-hydrogen) atoms. The smallest absolute Gasteiger partial charge is 0.333 e. The van der Waals surface area contributed by atoms with Crippen LogP contribution >= 0.6 is 15.9 Å². The summed E-state index contributed by atoms with van der Waals surface area (Å²) in [7, 11) is 0. The predicted octanol–water partition coefficient (Wildman–Crippen LogP) is 3.53. The van der Waals surface area contributed by atoms with Crippen molar-refractivity contribution < 1.29 is 14.6 Å². The summed E-state index contributed by atoms with van der Waals surface area (Å²) in [6, 6.07) is 13.5. The van der Waals surface area contributed by atoms with Crippen molar-refractivity contribution in [1.29, 1.82) is 5.26 Å². The van der Waals surface area contributed by atoms with Gasteiger partial charge in [0.05, 0.1) is 24.8 Å². The average Bonchev–Trinajstić information content (AvgIpc) is 2.59. The summed E-state index contributed by atoms with van der Waals surface area (Å²) < 4.78 is 5.92. The zero-order valence-corrected chi connectivity index (χ0v) is 14.7. The minimum atomic E-state index is -0.722. The molecule has 0 heterocycles. The van der Waals surface area contributed by atoms with Crippen molar-refractivity contribution >= 4 is 27.6 Å². The van der Waals surface area contributed by atoms with E-state index in [-0.39, 0.29) is 13.2 Å². The Balaban J connectivity index is 2.35. The molecule has 0 aliphatic carbocycles. The molecule has 0 saturated carbocycles. The Labute approximate surface area is 149 Å². The van der Waals surface area contributed by atoms with E-state index in [2.05, 4.69) is 27.3 Å². The van der Waals surface area contributed by atoms with Crippen molar-refractivity contribution in [1.82, 2.24) is 0 Å². The van der Waals surface area contributed by atoms with Crippen LogP contribution in [0.15, 0.2) is 46.9 Å². The van der Waals surface area contributed by atoms with Crippen molar-refractivity contribution in [3.05, 3.63) is 63.6 Å². The maximum absolute atomic E-state index is 12.4. The molecular formula is C18H17BrN2O3. The zero-order valence-electron chi connectivity index (χ0n) is 13.1. The van der Waals surface area contributed by atoms with Gasteiger partial charge in [-0.05, 0) is 54.4 Å². The number of nitriles is 1. The summed E-state index contributed by atoms with van der Waals surface area (Å²) >= 11 is 3.39. The van der Waals surface area contributed by atoms with Crippen LogP contribution in [0, 0.1) is 11.3 Å². The Kier molecular flexibility index (Phi) is 6.36. The van der Waals surface area contributed by atoms with Crippen LogP contribution in [-0.2, 0) is 16.1 Å². The quantitative estimate of drug-likeness (QED) is 0.739. The molecule has 5 nitrogen and oxygen atoms in total. The first-order valence-electron chi connectivity index (χ1n) is 7.41. The number of carbonyl (C=O) groups is 1. The molecule has 0 saturated heterocycles. The van der Waals surface area contributed by atoms with Crippen LogP contribution in [0.5, 0.6) is 0 Å². The van der Waals surface area contributed by atoms with E-state index in [1.807, 2.05) is 0 Å². The molecule has 0 amide bonds. The SMILES string of the molecule is CCOC(=O)C(Nc1ccc(C#N)cc1)c1cc(Br)cc(CO)c1. The molecule has 6 heteroatoms. The molecule has 2 aromatic carbocycles.